The highest BCUT2D eigenvalue weighted by Crippen LogP contribution is 2.42. The van der Waals surface area contributed by atoms with Crippen molar-refractivity contribution in [1.29, 1.82) is 0 Å². The van der Waals surface area contributed by atoms with Crippen molar-refractivity contribution >= 4 is 29.1 Å². The first-order chi connectivity index (χ1) is 21.5. The maximum atomic E-state index is 14.5. The van der Waals surface area contributed by atoms with Gasteiger partial charge in [0.2, 0.25) is 0 Å². The lowest BCUT2D eigenvalue weighted by Gasteiger charge is -2.46. The van der Waals surface area contributed by atoms with E-state index in [0.29, 0.717) is 0 Å². The molecule has 1 amide bonds. The Kier molecular flexibility index (Phi) is 11.9. The smallest absolute Gasteiger partial charge is 0.330 e. The summed E-state index contributed by atoms with van der Waals surface area (Å²) in [6.45, 7) is -2.28. The number of aliphatic hydroxyl groups excluding tert-OH is 1. The number of benzene rings is 3. The molecule has 2 unspecified atom stereocenters. The van der Waals surface area contributed by atoms with E-state index < -0.39 is 43.1 Å². The molecule has 0 aliphatic carbocycles. The van der Waals surface area contributed by atoms with Crippen molar-refractivity contribution in [2.45, 2.75) is 43.7 Å². The molecule has 0 aliphatic rings. The summed E-state index contributed by atoms with van der Waals surface area (Å²) in [6, 6.07) is 21.0. The van der Waals surface area contributed by atoms with Gasteiger partial charge in [0.15, 0.2) is 5.72 Å². The van der Waals surface area contributed by atoms with E-state index >= 15 is 0 Å². The van der Waals surface area contributed by atoms with Crippen LogP contribution in [0.25, 0.3) is 0 Å². The van der Waals surface area contributed by atoms with Crippen LogP contribution in [0.3, 0.4) is 0 Å². The highest BCUT2D eigenvalue weighted by Gasteiger charge is 2.50. The average molecular weight is 670 g/mol. The van der Waals surface area contributed by atoms with Crippen LogP contribution in [-0.2, 0) is 28.4 Å². The number of aromatic nitrogens is 3. The Labute approximate surface area is 267 Å². The summed E-state index contributed by atoms with van der Waals surface area (Å²) in [5.74, 6) is -5.34. The van der Waals surface area contributed by atoms with E-state index in [0.717, 1.165) is 10.5 Å². The van der Waals surface area contributed by atoms with Gasteiger partial charge in [-0.2, -0.15) is 13.9 Å². The number of rotatable bonds is 16. The first-order valence-corrected chi connectivity index (χ1v) is 14.5. The van der Waals surface area contributed by atoms with Crippen molar-refractivity contribution in [2.75, 3.05) is 19.8 Å². The second-order valence-electron chi connectivity index (χ2n) is 10.1. The van der Waals surface area contributed by atoms with Crippen LogP contribution in [-0.4, -0.2) is 68.9 Å². The van der Waals surface area contributed by atoms with Crippen LogP contribution in [0.2, 0.25) is 10.0 Å². The van der Waals surface area contributed by atoms with Crippen LogP contribution in [0, 0.1) is 0 Å². The topological polar surface area (TPSA) is 89.7 Å². The van der Waals surface area contributed by atoms with Crippen LogP contribution in [0.1, 0.15) is 27.9 Å². The third-order valence-corrected chi connectivity index (χ3v) is 7.37. The predicted molar refractivity (Wildman–Crippen MR) is 159 cm³/mol. The lowest BCUT2D eigenvalue weighted by atomic mass is 9.92. The summed E-state index contributed by atoms with van der Waals surface area (Å²) in [4.78, 5) is 19.1. The van der Waals surface area contributed by atoms with E-state index in [9.17, 15) is 27.5 Å². The molecule has 0 radical (unpaired) electrons. The molecule has 1 aromatic heterocycles. The minimum Gasteiger partial charge on any atom is -0.391 e. The van der Waals surface area contributed by atoms with Gasteiger partial charge in [-0.3, -0.25) is 9.48 Å². The quantitative estimate of drug-likeness (QED) is 0.0837. The average Bonchev–Trinajstić information content (AvgIpc) is 3.53. The van der Waals surface area contributed by atoms with Crippen molar-refractivity contribution in [1.82, 2.24) is 19.7 Å². The van der Waals surface area contributed by atoms with Crippen molar-refractivity contribution < 1.29 is 36.9 Å². The van der Waals surface area contributed by atoms with E-state index in [1.807, 2.05) is 30.3 Å². The number of alkyl halides is 4. The number of hydrogen-bond donors (Lipinski definition) is 1. The monoisotopic (exact) mass is 668 g/mol. The van der Waals surface area contributed by atoms with Gasteiger partial charge in [0.05, 0.1) is 30.9 Å². The standard InChI is InChI=1S/C31H30Cl2F4N4O4/c32-24-11-12-26(27(33)15-24)31(45-19-30(36,37)29(34)35,16-25(42)17-40-21-38-20-39-40)41(28(43)23-9-5-2-6-10-23)13-14-44-18-22-7-3-1-4-8-22/h1-12,15,20-21,25,29,42H,13-14,16-19H2. The molecule has 8 nitrogen and oxygen atoms in total. The van der Waals surface area contributed by atoms with E-state index in [1.54, 1.807) is 18.2 Å². The number of hydrogen-bond acceptors (Lipinski definition) is 6. The molecular formula is C31H30Cl2F4N4O4. The van der Waals surface area contributed by atoms with Crippen LogP contribution in [0.4, 0.5) is 17.6 Å². The van der Waals surface area contributed by atoms with Crippen molar-refractivity contribution in [3.63, 3.8) is 0 Å². The number of nitrogens with zero attached hydrogens (tertiary/aromatic N) is 4. The fourth-order valence-electron chi connectivity index (χ4n) is 4.69. The summed E-state index contributed by atoms with van der Waals surface area (Å²) in [5.41, 5.74) is -1.43. The summed E-state index contributed by atoms with van der Waals surface area (Å²) in [6.07, 6.45) is -3.56. The summed E-state index contributed by atoms with van der Waals surface area (Å²) >= 11 is 12.8. The second kappa shape index (κ2) is 15.6. The molecule has 4 rings (SSSR count). The maximum Gasteiger partial charge on any atom is 0.330 e. The third kappa shape index (κ3) is 9.01. The number of carbonyl (C=O) groups is 1. The van der Waals surface area contributed by atoms with E-state index in [4.69, 9.17) is 32.7 Å². The van der Waals surface area contributed by atoms with Gasteiger partial charge in [0.25, 0.3) is 5.91 Å². The Morgan fingerprint density at radius 1 is 1.02 bits per heavy atom. The van der Waals surface area contributed by atoms with Gasteiger partial charge in [-0.1, -0.05) is 77.8 Å². The van der Waals surface area contributed by atoms with Crippen LogP contribution >= 0.6 is 23.2 Å². The van der Waals surface area contributed by atoms with Gasteiger partial charge >= 0.3 is 12.3 Å². The second-order valence-corrected chi connectivity index (χ2v) is 10.9. The van der Waals surface area contributed by atoms with Gasteiger partial charge in [0, 0.05) is 29.1 Å². The van der Waals surface area contributed by atoms with E-state index in [-0.39, 0.29) is 47.5 Å². The first kappa shape index (κ1) is 34.3. The Hall–Kier alpha value is -3.55. The molecule has 0 fully saturated rings. The largest absolute Gasteiger partial charge is 0.391 e. The summed E-state index contributed by atoms with van der Waals surface area (Å²) < 4.78 is 68.8. The molecule has 1 heterocycles. The Bertz CT molecular complexity index is 1500. The molecule has 0 bridgehead atoms. The van der Waals surface area contributed by atoms with Crippen molar-refractivity contribution in [3.8, 4) is 0 Å². The number of ether oxygens (including phenoxy) is 2. The van der Waals surface area contributed by atoms with Gasteiger partial charge < -0.3 is 19.5 Å². The summed E-state index contributed by atoms with van der Waals surface area (Å²) in [7, 11) is 0. The molecular weight excluding hydrogens is 639 g/mol. The number of aliphatic hydroxyl groups is 1. The summed E-state index contributed by atoms with van der Waals surface area (Å²) in [5, 5.41) is 15.3. The van der Waals surface area contributed by atoms with E-state index in [2.05, 4.69) is 10.1 Å². The SMILES string of the molecule is O=C(c1ccccc1)N(CCOCc1ccccc1)C(CC(O)Cn1cncn1)(OCC(F)(F)C(F)F)c1ccc(Cl)cc1Cl. The van der Waals surface area contributed by atoms with Gasteiger partial charge in [-0.05, 0) is 29.8 Å². The van der Waals surface area contributed by atoms with Gasteiger partial charge in [0.1, 0.15) is 19.3 Å². The zero-order chi connectivity index (χ0) is 32.5. The van der Waals surface area contributed by atoms with Crippen molar-refractivity contribution in [3.05, 3.63) is 118 Å². The highest BCUT2D eigenvalue weighted by molar-refractivity contribution is 6.35. The van der Waals surface area contributed by atoms with Gasteiger partial charge in [-0.25, -0.2) is 13.8 Å². The fraction of sp³-hybridized carbons (Fsp3) is 0.323. The molecule has 0 saturated carbocycles. The Balaban J connectivity index is 1.83. The molecule has 4 aromatic rings. The predicted octanol–water partition coefficient (Wildman–Crippen LogP) is 6.47. The Morgan fingerprint density at radius 3 is 2.33 bits per heavy atom. The minimum absolute atomic E-state index is 0.0661. The number of halogens is 6. The van der Waals surface area contributed by atoms with Crippen LogP contribution < -0.4 is 0 Å². The maximum absolute atomic E-state index is 14.5. The van der Waals surface area contributed by atoms with Crippen molar-refractivity contribution in [2.24, 2.45) is 0 Å². The normalized spacial score (nSPS) is 13.9. The molecule has 0 saturated heterocycles. The fourth-order valence-corrected chi connectivity index (χ4v) is 5.25. The van der Waals surface area contributed by atoms with Crippen LogP contribution in [0.15, 0.2) is 91.5 Å². The zero-order valence-electron chi connectivity index (χ0n) is 23.8. The highest BCUT2D eigenvalue weighted by atomic mass is 35.5. The third-order valence-electron chi connectivity index (χ3n) is 6.82. The van der Waals surface area contributed by atoms with Gasteiger partial charge in [-0.15, -0.1) is 0 Å². The molecule has 45 heavy (non-hydrogen) atoms. The molecule has 3 aromatic carbocycles. The van der Waals surface area contributed by atoms with Crippen LogP contribution in [0.5, 0.6) is 0 Å². The molecule has 0 aliphatic heterocycles. The Morgan fingerprint density at radius 2 is 1.71 bits per heavy atom. The molecule has 14 heteroatoms. The molecule has 0 spiro atoms. The molecule has 1 N–H and O–H groups in total. The molecule has 2 atom stereocenters. The number of amides is 1. The lowest BCUT2D eigenvalue weighted by Crippen LogP contribution is -2.56. The van der Waals surface area contributed by atoms with E-state index in [1.165, 1.54) is 47.7 Å². The molecule has 240 valence electrons. The lowest BCUT2D eigenvalue weighted by molar-refractivity contribution is -0.236. The minimum atomic E-state index is -4.62. The number of carbonyl (C=O) groups excluding carboxylic acids is 1. The first-order valence-electron chi connectivity index (χ1n) is 13.8. The zero-order valence-corrected chi connectivity index (χ0v) is 25.3.